The molecular weight excluding hydrogens is 132 g/mol. The molecule has 0 bridgehead atoms. The molecule has 0 aliphatic rings. The molecule has 10 heavy (non-hydrogen) atoms. The quantitative estimate of drug-likeness (QED) is 0.481. The van der Waals surface area contributed by atoms with Gasteiger partial charge in [0.2, 0.25) is 0 Å². The monoisotopic (exact) mass is 144 g/mol. The summed E-state index contributed by atoms with van der Waals surface area (Å²) in [5.74, 6) is -0.329. The Hall–Kier alpha value is -0.990. The number of aliphatic hydroxyl groups excluding tert-OH is 1. The smallest absolute Gasteiger partial charge is 0.303 e. The molecular formula is C7H12O3. The van der Waals surface area contributed by atoms with Gasteiger partial charge in [0.05, 0.1) is 6.26 Å². The zero-order chi connectivity index (χ0) is 7.98. The molecule has 1 unspecified atom stereocenters. The van der Waals surface area contributed by atoms with Crippen LogP contribution in [0.1, 0.15) is 20.3 Å². The average molecular weight is 144 g/mol. The van der Waals surface area contributed by atoms with E-state index in [4.69, 9.17) is 9.84 Å². The molecule has 3 nitrogen and oxygen atoms in total. The summed E-state index contributed by atoms with van der Waals surface area (Å²) in [5, 5.41) is 8.31. The molecule has 0 aromatic carbocycles. The fourth-order valence-corrected chi connectivity index (χ4v) is 0.568. The first-order chi connectivity index (χ1) is 4.70. The van der Waals surface area contributed by atoms with Crippen LogP contribution in [0.4, 0.5) is 0 Å². The highest BCUT2D eigenvalue weighted by molar-refractivity contribution is 5.66. The number of hydrogen-bond donors (Lipinski definition) is 1. The second-order valence-electron chi connectivity index (χ2n) is 1.90. The highest BCUT2D eigenvalue weighted by Gasteiger charge is 2.03. The number of rotatable bonds is 3. The van der Waals surface area contributed by atoms with Gasteiger partial charge in [0, 0.05) is 6.92 Å². The van der Waals surface area contributed by atoms with Gasteiger partial charge in [-0.1, -0.05) is 6.92 Å². The Morgan fingerprint density at radius 1 is 1.80 bits per heavy atom. The van der Waals surface area contributed by atoms with E-state index in [-0.39, 0.29) is 12.1 Å². The standard InChI is InChI=1S/C7H12O3/c1-3-7(4-5-8)10-6(2)9/h4-5,7-8H,3H2,1-2H3. The summed E-state index contributed by atoms with van der Waals surface area (Å²) in [6.45, 7) is 3.21. The molecule has 58 valence electrons. The lowest BCUT2D eigenvalue weighted by Gasteiger charge is -2.08. The third-order valence-electron chi connectivity index (χ3n) is 1.02. The molecule has 1 N–H and O–H groups in total. The highest BCUT2D eigenvalue weighted by Crippen LogP contribution is 1.99. The van der Waals surface area contributed by atoms with Crippen molar-refractivity contribution < 1.29 is 14.6 Å². The molecule has 0 fully saturated rings. The van der Waals surface area contributed by atoms with E-state index in [1.807, 2.05) is 6.92 Å². The van der Waals surface area contributed by atoms with Gasteiger partial charge in [-0.25, -0.2) is 0 Å². The van der Waals surface area contributed by atoms with Crippen LogP contribution in [0, 0.1) is 0 Å². The number of esters is 1. The Balaban J connectivity index is 3.71. The Labute approximate surface area is 60.3 Å². The number of carbonyl (C=O) groups excluding carboxylic acids is 1. The van der Waals surface area contributed by atoms with Crippen LogP contribution < -0.4 is 0 Å². The fraction of sp³-hybridized carbons (Fsp3) is 0.571. The molecule has 0 aliphatic carbocycles. The van der Waals surface area contributed by atoms with Gasteiger partial charge in [-0.3, -0.25) is 4.79 Å². The molecule has 0 aromatic rings. The lowest BCUT2D eigenvalue weighted by molar-refractivity contribution is -0.144. The normalized spacial score (nSPS) is 13.4. The van der Waals surface area contributed by atoms with Gasteiger partial charge in [-0.2, -0.15) is 0 Å². The Morgan fingerprint density at radius 2 is 2.40 bits per heavy atom. The number of carbonyl (C=O) groups is 1. The predicted molar refractivity (Wildman–Crippen MR) is 37.6 cm³/mol. The number of hydrogen-bond acceptors (Lipinski definition) is 3. The SMILES string of the molecule is CCC(C=CO)OC(C)=O. The van der Waals surface area contributed by atoms with Crippen molar-refractivity contribution in [2.24, 2.45) is 0 Å². The lowest BCUT2D eigenvalue weighted by atomic mass is 10.3. The minimum atomic E-state index is -0.329. The van der Waals surface area contributed by atoms with E-state index in [0.29, 0.717) is 6.42 Å². The van der Waals surface area contributed by atoms with E-state index in [1.165, 1.54) is 13.0 Å². The van der Waals surface area contributed by atoms with Crippen LogP contribution in [0.15, 0.2) is 12.3 Å². The van der Waals surface area contributed by atoms with Crippen molar-refractivity contribution in [1.82, 2.24) is 0 Å². The zero-order valence-corrected chi connectivity index (χ0v) is 6.20. The molecule has 1 atom stereocenters. The highest BCUT2D eigenvalue weighted by atomic mass is 16.5. The second kappa shape index (κ2) is 4.85. The van der Waals surface area contributed by atoms with E-state index >= 15 is 0 Å². The molecule has 0 aliphatic heterocycles. The lowest BCUT2D eigenvalue weighted by Crippen LogP contribution is -2.11. The third kappa shape index (κ3) is 3.95. The van der Waals surface area contributed by atoms with Crippen molar-refractivity contribution in [3.05, 3.63) is 12.3 Å². The molecule has 0 heterocycles. The Bertz CT molecular complexity index is 129. The van der Waals surface area contributed by atoms with Crippen LogP contribution in [0.5, 0.6) is 0 Å². The zero-order valence-electron chi connectivity index (χ0n) is 6.20. The summed E-state index contributed by atoms with van der Waals surface area (Å²) < 4.78 is 4.75. The summed E-state index contributed by atoms with van der Waals surface area (Å²) in [5.41, 5.74) is 0. The molecule has 0 saturated carbocycles. The van der Waals surface area contributed by atoms with Crippen molar-refractivity contribution in [2.45, 2.75) is 26.4 Å². The largest absolute Gasteiger partial charge is 0.516 e. The van der Waals surface area contributed by atoms with Gasteiger partial charge >= 0.3 is 5.97 Å². The van der Waals surface area contributed by atoms with Crippen LogP contribution >= 0.6 is 0 Å². The van der Waals surface area contributed by atoms with E-state index in [0.717, 1.165) is 6.26 Å². The summed E-state index contributed by atoms with van der Waals surface area (Å²) in [4.78, 5) is 10.4. The molecule has 0 amide bonds. The predicted octanol–water partition coefficient (Wildman–Crippen LogP) is 1.40. The van der Waals surface area contributed by atoms with Crippen molar-refractivity contribution in [2.75, 3.05) is 0 Å². The second-order valence-corrected chi connectivity index (χ2v) is 1.90. The minimum absolute atomic E-state index is 0.289. The van der Waals surface area contributed by atoms with Crippen molar-refractivity contribution in [3.8, 4) is 0 Å². The number of ether oxygens (including phenoxy) is 1. The molecule has 0 spiro atoms. The fourth-order valence-electron chi connectivity index (χ4n) is 0.568. The van der Waals surface area contributed by atoms with Gasteiger partial charge in [-0.05, 0) is 12.5 Å². The van der Waals surface area contributed by atoms with Crippen molar-refractivity contribution >= 4 is 5.97 Å². The van der Waals surface area contributed by atoms with E-state index in [1.54, 1.807) is 0 Å². The molecule has 0 radical (unpaired) electrons. The van der Waals surface area contributed by atoms with Crippen LogP contribution in [0.25, 0.3) is 0 Å². The summed E-state index contributed by atoms with van der Waals surface area (Å²) in [6, 6.07) is 0. The maximum atomic E-state index is 10.4. The van der Waals surface area contributed by atoms with Gasteiger partial charge in [-0.15, -0.1) is 0 Å². The van der Waals surface area contributed by atoms with Gasteiger partial charge in [0.15, 0.2) is 0 Å². The first-order valence-corrected chi connectivity index (χ1v) is 3.18. The van der Waals surface area contributed by atoms with Crippen molar-refractivity contribution in [3.63, 3.8) is 0 Å². The molecule has 0 saturated heterocycles. The minimum Gasteiger partial charge on any atom is -0.516 e. The maximum absolute atomic E-state index is 10.4. The first kappa shape index (κ1) is 9.01. The first-order valence-electron chi connectivity index (χ1n) is 3.18. The summed E-state index contributed by atoms with van der Waals surface area (Å²) >= 11 is 0. The number of aliphatic hydroxyl groups is 1. The molecule has 0 rings (SSSR count). The van der Waals surface area contributed by atoms with Crippen molar-refractivity contribution in [1.29, 1.82) is 0 Å². The summed E-state index contributed by atoms with van der Waals surface area (Å²) in [7, 11) is 0. The Kier molecular flexibility index (Phi) is 4.37. The Morgan fingerprint density at radius 3 is 2.70 bits per heavy atom. The van der Waals surface area contributed by atoms with Gasteiger partial charge < -0.3 is 9.84 Å². The maximum Gasteiger partial charge on any atom is 0.303 e. The molecule has 0 aromatic heterocycles. The van der Waals surface area contributed by atoms with Crippen LogP contribution in [-0.4, -0.2) is 17.2 Å². The van der Waals surface area contributed by atoms with E-state index < -0.39 is 0 Å². The van der Waals surface area contributed by atoms with Crippen LogP contribution in [0.3, 0.4) is 0 Å². The summed E-state index contributed by atoms with van der Waals surface area (Å²) in [6.07, 6.45) is 2.71. The average Bonchev–Trinajstić information content (AvgIpc) is 1.86. The van der Waals surface area contributed by atoms with E-state index in [2.05, 4.69) is 0 Å². The van der Waals surface area contributed by atoms with E-state index in [9.17, 15) is 4.79 Å². The van der Waals surface area contributed by atoms with Crippen LogP contribution in [-0.2, 0) is 9.53 Å². The topological polar surface area (TPSA) is 46.5 Å². The third-order valence-corrected chi connectivity index (χ3v) is 1.02. The van der Waals surface area contributed by atoms with Crippen LogP contribution in [0.2, 0.25) is 0 Å². The van der Waals surface area contributed by atoms with Gasteiger partial charge in [0.1, 0.15) is 6.10 Å². The molecule has 3 heteroatoms. The van der Waals surface area contributed by atoms with Gasteiger partial charge in [0.25, 0.3) is 0 Å².